The lowest BCUT2D eigenvalue weighted by Gasteiger charge is -2.28. The van der Waals surface area contributed by atoms with Crippen molar-refractivity contribution < 1.29 is 9.59 Å². The van der Waals surface area contributed by atoms with Crippen LogP contribution in [0.4, 0.5) is 5.69 Å². The average molecular weight is 598 g/mol. The first-order valence-electron chi connectivity index (χ1n) is 10.5. The van der Waals surface area contributed by atoms with Crippen LogP contribution in [0.2, 0.25) is 5.02 Å². The zero-order chi connectivity index (χ0) is 24.3. The Balaban J connectivity index is 2.17. The van der Waals surface area contributed by atoms with Crippen molar-refractivity contribution in [2.75, 3.05) is 24.5 Å². The van der Waals surface area contributed by atoms with Gasteiger partial charge in [-0.15, -0.1) is 0 Å². The van der Waals surface area contributed by atoms with Crippen LogP contribution in [0.3, 0.4) is 0 Å². The van der Waals surface area contributed by atoms with Gasteiger partial charge in [-0.3, -0.25) is 9.59 Å². The maximum Gasteiger partial charge on any atom is 0.277 e. The highest BCUT2D eigenvalue weighted by Gasteiger charge is 2.29. The summed E-state index contributed by atoms with van der Waals surface area (Å²) in [4.78, 5) is 34.8. The molecule has 174 valence electrons. The van der Waals surface area contributed by atoms with Crippen molar-refractivity contribution in [2.24, 2.45) is 0 Å². The summed E-state index contributed by atoms with van der Waals surface area (Å²) in [5.41, 5.74) is 2.10. The summed E-state index contributed by atoms with van der Waals surface area (Å²) in [6, 6.07) is 8.68. The largest absolute Gasteiger partial charge is 0.339 e. The summed E-state index contributed by atoms with van der Waals surface area (Å²) >= 11 is 13.2. The predicted molar refractivity (Wildman–Crippen MR) is 138 cm³/mol. The van der Waals surface area contributed by atoms with E-state index in [-0.39, 0.29) is 17.5 Å². The Bertz CT molecular complexity index is 1190. The maximum atomic E-state index is 13.9. The van der Waals surface area contributed by atoms with E-state index < -0.39 is 0 Å². The number of carbonyl (C=O) groups excluding carboxylic acids is 2. The summed E-state index contributed by atoms with van der Waals surface area (Å²) in [5.74, 6) is -0.110. The first kappa shape index (κ1) is 25.4. The molecule has 0 unspecified atom stereocenters. The Morgan fingerprint density at radius 3 is 2.36 bits per heavy atom. The van der Waals surface area contributed by atoms with E-state index in [9.17, 15) is 9.59 Å². The second-order valence-electron chi connectivity index (χ2n) is 7.22. The van der Waals surface area contributed by atoms with Gasteiger partial charge >= 0.3 is 0 Å². The molecule has 33 heavy (non-hydrogen) atoms. The Kier molecular flexibility index (Phi) is 8.31. The number of aromatic nitrogens is 3. The maximum absolute atomic E-state index is 13.9. The molecule has 0 bridgehead atoms. The number of hydrogen-bond acceptors (Lipinski definition) is 4. The molecule has 0 aliphatic heterocycles. The van der Waals surface area contributed by atoms with E-state index in [4.69, 9.17) is 11.6 Å². The Hall–Kier alpha value is -2.23. The lowest BCUT2D eigenvalue weighted by atomic mass is 10.0. The topological polar surface area (TPSA) is 71.3 Å². The van der Waals surface area contributed by atoms with E-state index in [1.807, 2.05) is 33.8 Å². The molecule has 2 aromatic heterocycles. The van der Waals surface area contributed by atoms with Gasteiger partial charge in [0, 0.05) is 36.4 Å². The molecule has 0 N–H and O–H groups in total. The van der Waals surface area contributed by atoms with Gasteiger partial charge in [0.15, 0.2) is 5.82 Å². The molecule has 0 aliphatic carbocycles. The first-order valence-corrected chi connectivity index (χ1v) is 12.5. The van der Waals surface area contributed by atoms with E-state index >= 15 is 0 Å². The second kappa shape index (κ2) is 10.8. The smallest absolute Gasteiger partial charge is 0.277 e. The third kappa shape index (κ3) is 5.15. The van der Waals surface area contributed by atoms with Crippen molar-refractivity contribution in [3.05, 3.63) is 67.4 Å². The Morgan fingerprint density at radius 1 is 1.06 bits per heavy atom. The summed E-state index contributed by atoms with van der Waals surface area (Å²) in [6.45, 7) is 9.10. The van der Waals surface area contributed by atoms with Crippen LogP contribution in [0.25, 0.3) is 5.82 Å². The molecular formula is C23H24Br2ClN5O2. The SMILES string of the molecule is CCN(CC)C(=O)c1cc(Br)cc(C)c1N(CC)C(=O)c1cc(Br)nn1-c1ncccc1Cl. The number of pyridine rings is 1. The first-order chi connectivity index (χ1) is 15.7. The lowest BCUT2D eigenvalue weighted by molar-refractivity contribution is 0.0773. The fraction of sp³-hybridized carbons (Fsp3) is 0.304. The third-order valence-electron chi connectivity index (χ3n) is 5.22. The Labute approximate surface area is 215 Å². The highest BCUT2D eigenvalue weighted by molar-refractivity contribution is 9.10. The van der Waals surface area contributed by atoms with Crippen LogP contribution >= 0.6 is 43.5 Å². The molecule has 0 radical (unpaired) electrons. The van der Waals surface area contributed by atoms with Gasteiger partial charge in [-0.25, -0.2) is 9.67 Å². The van der Waals surface area contributed by atoms with Gasteiger partial charge in [-0.2, -0.15) is 5.10 Å². The highest BCUT2D eigenvalue weighted by atomic mass is 79.9. The second-order valence-corrected chi connectivity index (χ2v) is 9.35. The van der Waals surface area contributed by atoms with Crippen LogP contribution in [0.5, 0.6) is 0 Å². The highest BCUT2D eigenvalue weighted by Crippen LogP contribution is 2.32. The monoisotopic (exact) mass is 595 g/mol. The van der Waals surface area contributed by atoms with Gasteiger partial charge in [0.25, 0.3) is 11.8 Å². The molecule has 2 heterocycles. The summed E-state index contributed by atoms with van der Waals surface area (Å²) in [7, 11) is 0. The van der Waals surface area contributed by atoms with E-state index in [0.717, 1.165) is 10.0 Å². The van der Waals surface area contributed by atoms with Gasteiger partial charge in [0.1, 0.15) is 10.3 Å². The number of amides is 2. The van der Waals surface area contributed by atoms with Crippen LogP contribution in [0.15, 0.2) is 45.6 Å². The van der Waals surface area contributed by atoms with Crippen LogP contribution in [0.1, 0.15) is 47.2 Å². The van der Waals surface area contributed by atoms with Crippen LogP contribution in [-0.4, -0.2) is 51.1 Å². The van der Waals surface area contributed by atoms with Crippen molar-refractivity contribution in [1.29, 1.82) is 0 Å². The fourth-order valence-corrected chi connectivity index (χ4v) is 4.83. The number of rotatable bonds is 7. The van der Waals surface area contributed by atoms with Crippen LogP contribution < -0.4 is 4.90 Å². The fourth-order valence-electron chi connectivity index (χ4n) is 3.68. The molecule has 0 atom stereocenters. The number of carbonyl (C=O) groups is 2. The lowest BCUT2D eigenvalue weighted by Crippen LogP contribution is -2.37. The van der Waals surface area contributed by atoms with Gasteiger partial charge in [-0.05, 0) is 73.5 Å². The molecule has 3 aromatic rings. The molecule has 0 saturated heterocycles. The van der Waals surface area contributed by atoms with E-state index in [1.165, 1.54) is 4.68 Å². The molecule has 2 amide bonds. The quantitative estimate of drug-likeness (QED) is 0.340. The number of nitrogens with zero attached hydrogens (tertiary/aromatic N) is 5. The number of halogens is 3. The standard InChI is InChI=1S/C23H24Br2ClN5O2/c1-5-29(6-2)22(32)16-12-15(24)11-14(4)20(16)30(7-3)23(33)18-13-19(25)28-31(18)21-17(26)9-8-10-27-21/h8-13H,5-7H2,1-4H3. The minimum atomic E-state index is -0.323. The van der Waals surface area contributed by atoms with Gasteiger partial charge in [0.2, 0.25) is 0 Å². The molecule has 3 rings (SSSR count). The third-order valence-corrected chi connectivity index (χ3v) is 6.36. The molecule has 1 aromatic carbocycles. The molecule has 7 nitrogen and oxygen atoms in total. The van der Waals surface area contributed by atoms with Crippen LogP contribution in [0, 0.1) is 6.92 Å². The number of benzene rings is 1. The van der Waals surface area contributed by atoms with Gasteiger partial charge in [-0.1, -0.05) is 27.5 Å². The van der Waals surface area contributed by atoms with E-state index in [0.29, 0.717) is 46.3 Å². The zero-order valence-corrected chi connectivity index (χ0v) is 22.7. The molecule has 0 aliphatic rings. The van der Waals surface area contributed by atoms with Gasteiger partial charge < -0.3 is 9.80 Å². The van der Waals surface area contributed by atoms with Crippen molar-refractivity contribution in [3.8, 4) is 5.82 Å². The molecule has 10 heteroatoms. The number of hydrogen-bond donors (Lipinski definition) is 0. The average Bonchev–Trinajstić information content (AvgIpc) is 3.17. The number of aryl methyl sites for hydroxylation is 1. The van der Waals surface area contributed by atoms with Crippen molar-refractivity contribution in [3.63, 3.8) is 0 Å². The normalized spacial score (nSPS) is 10.9. The molecular weight excluding hydrogens is 574 g/mol. The zero-order valence-electron chi connectivity index (χ0n) is 18.8. The van der Waals surface area contributed by atoms with Crippen molar-refractivity contribution >= 4 is 61.0 Å². The molecule has 0 spiro atoms. The predicted octanol–water partition coefficient (Wildman–Crippen LogP) is 5.90. The van der Waals surface area contributed by atoms with Crippen molar-refractivity contribution in [2.45, 2.75) is 27.7 Å². The van der Waals surface area contributed by atoms with E-state index in [1.54, 1.807) is 40.3 Å². The number of anilines is 1. The Morgan fingerprint density at radius 2 is 1.76 bits per heavy atom. The molecule has 0 saturated carbocycles. The van der Waals surface area contributed by atoms with Crippen molar-refractivity contribution in [1.82, 2.24) is 19.7 Å². The van der Waals surface area contributed by atoms with Gasteiger partial charge in [0.05, 0.1) is 16.3 Å². The van der Waals surface area contributed by atoms with E-state index in [2.05, 4.69) is 41.9 Å². The molecule has 0 fully saturated rings. The minimum Gasteiger partial charge on any atom is -0.339 e. The van der Waals surface area contributed by atoms with Crippen LogP contribution in [-0.2, 0) is 0 Å². The summed E-state index contributed by atoms with van der Waals surface area (Å²) < 4.78 is 2.66. The summed E-state index contributed by atoms with van der Waals surface area (Å²) in [6.07, 6.45) is 1.59. The minimum absolute atomic E-state index is 0.131. The summed E-state index contributed by atoms with van der Waals surface area (Å²) in [5, 5.41) is 4.74.